The summed E-state index contributed by atoms with van der Waals surface area (Å²) in [5, 5.41) is 0. The predicted molar refractivity (Wildman–Crippen MR) is 110 cm³/mol. The average molecular weight is 398 g/mol. The lowest BCUT2D eigenvalue weighted by Crippen LogP contribution is -2.49. The van der Waals surface area contributed by atoms with Gasteiger partial charge in [0.15, 0.2) is 10.6 Å². The lowest BCUT2D eigenvalue weighted by atomic mass is 10.1. The first kappa shape index (κ1) is 18.4. The highest BCUT2D eigenvalue weighted by atomic mass is 32.1. The highest BCUT2D eigenvalue weighted by Crippen LogP contribution is 2.27. The minimum absolute atomic E-state index is 0.170. The van der Waals surface area contributed by atoms with Crippen LogP contribution in [-0.2, 0) is 11.2 Å². The van der Waals surface area contributed by atoms with Crippen LogP contribution in [-0.4, -0.2) is 59.0 Å². The second kappa shape index (κ2) is 7.97. The van der Waals surface area contributed by atoms with E-state index in [-0.39, 0.29) is 11.9 Å². The Morgan fingerprint density at radius 2 is 2.07 bits per heavy atom. The number of nitrogens with two attached hydrogens (primary N) is 1. The molecule has 0 saturated carbocycles. The molecule has 0 unspecified atom stereocenters. The zero-order chi connectivity index (χ0) is 19.5. The smallest absolute Gasteiger partial charge is 0.223 e. The molecule has 9 heteroatoms. The molecule has 8 nitrogen and oxygen atoms in total. The van der Waals surface area contributed by atoms with Crippen LogP contribution >= 0.6 is 11.3 Å². The Kier molecular flexibility index (Phi) is 5.25. The summed E-state index contributed by atoms with van der Waals surface area (Å²) in [6.07, 6.45) is 1.20. The molecule has 1 aromatic carbocycles. The number of nitrogen functional groups attached to an aromatic ring is 1. The molecule has 1 aliphatic heterocycles. The summed E-state index contributed by atoms with van der Waals surface area (Å²) in [5.74, 6) is 2.00. The number of carbonyl (C=O) groups excluding carboxylic acids is 1. The highest BCUT2D eigenvalue weighted by molar-refractivity contribution is 7.16. The van der Waals surface area contributed by atoms with E-state index in [1.807, 2.05) is 29.2 Å². The topological polar surface area (TPSA) is 97.5 Å². The summed E-state index contributed by atoms with van der Waals surface area (Å²) < 4.78 is 5.24. The van der Waals surface area contributed by atoms with Crippen LogP contribution in [0, 0.1) is 0 Å². The van der Waals surface area contributed by atoms with Gasteiger partial charge in [0.25, 0.3) is 0 Å². The first-order valence-electron chi connectivity index (χ1n) is 9.16. The average Bonchev–Trinajstić information content (AvgIpc) is 3.20. The number of carbonyl (C=O) groups is 1. The largest absolute Gasteiger partial charge is 0.497 e. The molecule has 3 aromatic rings. The number of piperazine rings is 1. The summed E-state index contributed by atoms with van der Waals surface area (Å²) in [6.45, 7) is 2.72. The highest BCUT2D eigenvalue weighted by Gasteiger charge is 2.24. The van der Waals surface area contributed by atoms with Gasteiger partial charge in [0, 0.05) is 32.6 Å². The van der Waals surface area contributed by atoms with Crippen LogP contribution in [0.1, 0.15) is 12.0 Å². The number of fused-ring (bicyclic) bond motifs is 1. The van der Waals surface area contributed by atoms with E-state index < -0.39 is 0 Å². The normalized spacial score (nSPS) is 14.5. The molecule has 0 aliphatic carbocycles. The third kappa shape index (κ3) is 3.84. The van der Waals surface area contributed by atoms with Gasteiger partial charge in [0.05, 0.1) is 12.6 Å². The number of anilines is 2. The van der Waals surface area contributed by atoms with Crippen molar-refractivity contribution in [3.8, 4) is 5.75 Å². The molecular weight excluding hydrogens is 376 g/mol. The van der Waals surface area contributed by atoms with E-state index in [9.17, 15) is 4.79 Å². The summed E-state index contributed by atoms with van der Waals surface area (Å²) >= 11 is 1.45. The Balaban J connectivity index is 1.35. The van der Waals surface area contributed by atoms with Crippen LogP contribution in [0.4, 0.5) is 11.8 Å². The van der Waals surface area contributed by atoms with Crippen molar-refractivity contribution >= 4 is 39.4 Å². The van der Waals surface area contributed by atoms with Crippen molar-refractivity contribution in [3.05, 3.63) is 35.3 Å². The predicted octanol–water partition coefficient (Wildman–Crippen LogP) is 1.96. The van der Waals surface area contributed by atoms with Gasteiger partial charge in [0.1, 0.15) is 11.3 Å². The Hall–Kier alpha value is -2.94. The first-order chi connectivity index (χ1) is 13.6. The van der Waals surface area contributed by atoms with Crippen molar-refractivity contribution < 1.29 is 9.53 Å². The third-order valence-electron chi connectivity index (χ3n) is 4.89. The van der Waals surface area contributed by atoms with Gasteiger partial charge >= 0.3 is 0 Å². The second-order valence-corrected chi connectivity index (χ2v) is 7.46. The van der Waals surface area contributed by atoms with Crippen LogP contribution in [0.25, 0.3) is 10.3 Å². The fraction of sp³-hybridized carbons (Fsp3) is 0.368. The molecule has 146 valence electrons. The zero-order valence-electron chi connectivity index (χ0n) is 15.7. The van der Waals surface area contributed by atoms with E-state index in [4.69, 9.17) is 10.5 Å². The summed E-state index contributed by atoms with van der Waals surface area (Å²) in [7, 11) is 1.65. The third-order valence-corrected chi connectivity index (χ3v) is 5.61. The van der Waals surface area contributed by atoms with Crippen molar-refractivity contribution in [3.63, 3.8) is 0 Å². The van der Waals surface area contributed by atoms with E-state index >= 15 is 0 Å². The van der Waals surface area contributed by atoms with Gasteiger partial charge in [0.2, 0.25) is 11.9 Å². The quantitative estimate of drug-likeness (QED) is 0.701. The van der Waals surface area contributed by atoms with E-state index in [1.54, 1.807) is 12.6 Å². The molecule has 0 radical (unpaired) electrons. The van der Waals surface area contributed by atoms with Gasteiger partial charge < -0.3 is 20.3 Å². The molecular formula is C19H22N6O2S. The van der Waals surface area contributed by atoms with E-state index in [2.05, 4.69) is 19.9 Å². The molecule has 0 spiro atoms. The molecule has 2 aromatic heterocycles. The van der Waals surface area contributed by atoms with Crippen molar-refractivity contribution in [1.82, 2.24) is 19.9 Å². The van der Waals surface area contributed by atoms with Crippen molar-refractivity contribution in [2.75, 3.05) is 43.9 Å². The van der Waals surface area contributed by atoms with E-state index in [0.29, 0.717) is 39.0 Å². The Morgan fingerprint density at radius 1 is 1.25 bits per heavy atom. The van der Waals surface area contributed by atoms with Gasteiger partial charge in [-0.05, 0) is 24.1 Å². The number of aromatic nitrogens is 3. The first-order valence-corrected chi connectivity index (χ1v) is 10.0. The van der Waals surface area contributed by atoms with E-state index in [0.717, 1.165) is 27.5 Å². The Morgan fingerprint density at radius 3 is 2.86 bits per heavy atom. The maximum Gasteiger partial charge on any atom is 0.223 e. The summed E-state index contributed by atoms with van der Waals surface area (Å²) in [5.41, 5.74) is 9.47. The molecule has 1 aliphatic rings. The number of rotatable bonds is 5. The molecule has 1 fully saturated rings. The molecule has 2 N–H and O–H groups in total. The molecule has 3 heterocycles. The maximum absolute atomic E-state index is 12.6. The van der Waals surface area contributed by atoms with Crippen molar-refractivity contribution in [2.24, 2.45) is 0 Å². The lowest BCUT2D eigenvalue weighted by Gasteiger charge is -2.35. The molecule has 4 rings (SSSR count). The molecule has 1 amide bonds. The SMILES string of the molecule is COc1cccc(CCC(=O)N2CCN(c3nc(N)nc4scnc34)CC2)c1. The lowest BCUT2D eigenvalue weighted by molar-refractivity contribution is -0.131. The van der Waals surface area contributed by atoms with Gasteiger partial charge in [-0.15, -0.1) is 11.3 Å². The Labute approximate surface area is 167 Å². The fourth-order valence-electron chi connectivity index (χ4n) is 3.39. The Bertz CT molecular complexity index is 983. The summed E-state index contributed by atoms with van der Waals surface area (Å²) in [4.78, 5) is 30.4. The molecule has 0 bridgehead atoms. The number of methoxy groups -OCH3 is 1. The number of ether oxygens (including phenoxy) is 1. The van der Waals surface area contributed by atoms with Gasteiger partial charge in [-0.3, -0.25) is 4.79 Å². The monoisotopic (exact) mass is 398 g/mol. The van der Waals surface area contributed by atoms with Crippen LogP contribution in [0.3, 0.4) is 0 Å². The van der Waals surface area contributed by atoms with Crippen LogP contribution in [0.2, 0.25) is 0 Å². The van der Waals surface area contributed by atoms with Crippen LogP contribution in [0.5, 0.6) is 5.75 Å². The van der Waals surface area contributed by atoms with Gasteiger partial charge in [-0.2, -0.15) is 4.98 Å². The maximum atomic E-state index is 12.6. The number of thiazole rings is 1. The minimum atomic E-state index is 0.170. The standard InChI is InChI=1S/C19H22N6O2S/c1-27-14-4-2-3-13(11-14)5-6-15(26)24-7-9-25(10-8-24)17-16-18(28-12-21-16)23-19(20)22-17/h2-4,11-12H,5-10H2,1H3,(H2,20,22,23). The number of hydrogen-bond donors (Lipinski definition) is 1. The van der Waals surface area contributed by atoms with Crippen molar-refractivity contribution in [1.29, 1.82) is 0 Å². The number of amides is 1. The molecule has 1 saturated heterocycles. The number of hydrogen-bond acceptors (Lipinski definition) is 8. The zero-order valence-corrected chi connectivity index (χ0v) is 16.5. The molecule has 0 atom stereocenters. The number of aryl methyl sites for hydroxylation is 1. The molecule has 28 heavy (non-hydrogen) atoms. The van der Waals surface area contributed by atoms with Crippen molar-refractivity contribution in [2.45, 2.75) is 12.8 Å². The van der Waals surface area contributed by atoms with Gasteiger partial charge in [-0.25, -0.2) is 9.97 Å². The fourth-order valence-corrected chi connectivity index (χ4v) is 4.05. The summed E-state index contributed by atoms with van der Waals surface area (Å²) in [6, 6.07) is 7.85. The van der Waals surface area contributed by atoms with Gasteiger partial charge in [-0.1, -0.05) is 12.1 Å². The van der Waals surface area contributed by atoms with Crippen LogP contribution in [0.15, 0.2) is 29.8 Å². The number of nitrogens with zero attached hydrogens (tertiary/aromatic N) is 5. The second-order valence-electron chi connectivity index (χ2n) is 6.63. The van der Waals surface area contributed by atoms with E-state index in [1.165, 1.54) is 11.3 Å². The van der Waals surface area contributed by atoms with Crippen LogP contribution < -0.4 is 15.4 Å². The number of benzene rings is 1. The minimum Gasteiger partial charge on any atom is -0.497 e.